The van der Waals surface area contributed by atoms with Crippen LogP contribution in [0.2, 0.25) is 0 Å². The van der Waals surface area contributed by atoms with Crippen molar-refractivity contribution in [1.82, 2.24) is 0 Å². The van der Waals surface area contributed by atoms with Gasteiger partial charge in [0.05, 0.1) is 0 Å². The molecular weight excluding hydrogens is 188 g/mol. The predicted molar refractivity (Wildman–Crippen MR) is 59.7 cm³/mol. The summed E-state index contributed by atoms with van der Waals surface area (Å²) in [4.78, 5) is 0. The van der Waals surface area contributed by atoms with Crippen LogP contribution in [0.5, 0.6) is 11.5 Å². The first-order valence-electron chi connectivity index (χ1n) is 4.76. The standard InChI is InChI=1S/C13H12O2/c1-4-9(2)10(3)11-5-6-12-13(7-11)15-8-14-12/h1,5-7H,8H2,2-3H3/b10-9-. The van der Waals surface area contributed by atoms with Crippen LogP contribution in [0.1, 0.15) is 19.4 Å². The summed E-state index contributed by atoms with van der Waals surface area (Å²) >= 11 is 0. The van der Waals surface area contributed by atoms with Crippen molar-refractivity contribution in [2.75, 3.05) is 6.79 Å². The third-order valence-corrected chi connectivity index (χ3v) is 2.58. The number of hydrogen-bond acceptors (Lipinski definition) is 2. The number of rotatable bonds is 1. The molecular formula is C13H12O2. The number of hydrogen-bond donors (Lipinski definition) is 0. The van der Waals surface area contributed by atoms with Gasteiger partial charge in [0.1, 0.15) is 0 Å². The molecule has 1 aliphatic heterocycles. The SMILES string of the molecule is C#C/C(C)=C(/C)c1ccc2c(c1)OCO2. The van der Waals surface area contributed by atoms with E-state index < -0.39 is 0 Å². The molecule has 0 saturated heterocycles. The van der Waals surface area contributed by atoms with Crippen molar-refractivity contribution in [3.63, 3.8) is 0 Å². The zero-order valence-electron chi connectivity index (χ0n) is 8.83. The van der Waals surface area contributed by atoms with E-state index in [1.54, 1.807) is 0 Å². The third kappa shape index (κ3) is 1.69. The van der Waals surface area contributed by atoms with E-state index in [-0.39, 0.29) is 0 Å². The second kappa shape index (κ2) is 3.70. The fourth-order valence-corrected chi connectivity index (χ4v) is 1.45. The second-order valence-electron chi connectivity index (χ2n) is 3.46. The maximum absolute atomic E-state index is 5.36. The van der Waals surface area contributed by atoms with E-state index >= 15 is 0 Å². The van der Waals surface area contributed by atoms with Crippen molar-refractivity contribution in [3.8, 4) is 23.8 Å². The molecule has 0 atom stereocenters. The summed E-state index contributed by atoms with van der Waals surface area (Å²) in [6, 6.07) is 5.85. The summed E-state index contributed by atoms with van der Waals surface area (Å²) in [5.41, 5.74) is 3.11. The van der Waals surface area contributed by atoms with Gasteiger partial charge in [-0.05, 0) is 37.1 Å². The summed E-state index contributed by atoms with van der Waals surface area (Å²) in [5, 5.41) is 0. The Morgan fingerprint density at radius 1 is 1.27 bits per heavy atom. The number of benzene rings is 1. The van der Waals surface area contributed by atoms with Crippen LogP contribution in [-0.2, 0) is 0 Å². The lowest BCUT2D eigenvalue weighted by molar-refractivity contribution is 0.174. The highest BCUT2D eigenvalue weighted by molar-refractivity contribution is 5.72. The van der Waals surface area contributed by atoms with Gasteiger partial charge >= 0.3 is 0 Å². The zero-order chi connectivity index (χ0) is 10.8. The molecule has 0 bridgehead atoms. The van der Waals surface area contributed by atoms with Crippen molar-refractivity contribution in [2.45, 2.75) is 13.8 Å². The van der Waals surface area contributed by atoms with E-state index in [1.165, 1.54) is 0 Å². The van der Waals surface area contributed by atoms with Crippen LogP contribution in [0.4, 0.5) is 0 Å². The molecule has 2 heteroatoms. The summed E-state index contributed by atoms with van der Waals surface area (Å²) in [5.74, 6) is 4.22. The number of ether oxygens (including phenoxy) is 2. The molecule has 76 valence electrons. The van der Waals surface area contributed by atoms with Crippen LogP contribution in [0, 0.1) is 12.3 Å². The molecule has 1 aromatic carbocycles. The minimum Gasteiger partial charge on any atom is -0.454 e. The van der Waals surface area contributed by atoms with E-state index in [1.807, 2.05) is 32.0 Å². The molecule has 0 saturated carbocycles. The predicted octanol–water partition coefficient (Wildman–Crippen LogP) is 2.84. The van der Waals surface area contributed by atoms with Crippen LogP contribution in [-0.4, -0.2) is 6.79 Å². The summed E-state index contributed by atoms with van der Waals surface area (Å²) in [6.07, 6.45) is 5.36. The van der Waals surface area contributed by atoms with Gasteiger partial charge in [-0.1, -0.05) is 12.0 Å². The molecule has 1 heterocycles. The first-order valence-corrected chi connectivity index (χ1v) is 4.76. The molecule has 0 spiro atoms. The molecule has 1 aromatic rings. The monoisotopic (exact) mass is 200 g/mol. The van der Waals surface area contributed by atoms with Gasteiger partial charge in [0, 0.05) is 5.57 Å². The van der Waals surface area contributed by atoms with Crippen LogP contribution in [0.25, 0.3) is 5.57 Å². The smallest absolute Gasteiger partial charge is 0.231 e. The maximum atomic E-state index is 5.36. The fourth-order valence-electron chi connectivity index (χ4n) is 1.45. The highest BCUT2D eigenvalue weighted by Gasteiger charge is 2.13. The topological polar surface area (TPSA) is 18.5 Å². The van der Waals surface area contributed by atoms with E-state index in [0.717, 1.165) is 28.2 Å². The Bertz CT molecular complexity index is 464. The second-order valence-corrected chi connectivity index (χ2v) is 3.46. The lowest BCUT2D eigenvalue weighted by atomic mass is 10.0. The van der Waals surface area contributed by atoms with Crippen LogP contribution in [0.3, 0.4) is 0 Å². The van der Waals surface area contributed by atoms with Gasteiger partial charge in [-0.3, -0.25) is 0 Å². The molecule has 0 aliphatic carbocycles. The Balaban J connectivity index is 2.44. The molecule has 2 nitrogen and oxygen atoms in total. The van der Waals surface area contributed by atoms with Crippen molar-refractivity contribution in [1.29, 1.82) is 0 Å². The molecule has 2 rings (SSSR count). The van der Waals surface area contributed by atoms with Gasteiger partial charge in [-0.25, -0.2) is 0 Å². The van der Waals surface area contributed by atoms with E-state index in [0.29, 0.717) is 6.79 Å². The lowest BCUT2D eigenvalue weighted by Gasteiger charge is -2.04. The average Bonchev–Trinajstić information content (AvgIpc) is 2.73. The quantitative estimate of drug-likeness (QED) is 0.649. The number of allylic oxidation sites excluding steroid dienone is 2. The van der Waals surface area contributed by atoms with Crippen molar-refractivity contribution < 1.29 is 9.47 Å². The highest BCUT2D eigenvalue weighted by atomic mass is 16.7. The third-order valence-electron chi connectivity index (χ3n) is 2.58. The van der Waals surface area contributed by atoms with Gasteiger partial charge in [0.25, 0.3) is 0 Å². The van der Waals surface area contributed by atoms with Gasteiger partial charge in [0.15, 0.2) is 11.5 Å². The van der Waals surface area contributed by atoms with Crippen molar-refractivity contribution in [3.05, 3.63) is 29.3 Å². The normalized spacial score (nSPS) is 14.5. The zero-order valence-corrected chi connectivity index (χ0v) is 8.83. The van der Waals surface area contributed by atoms with Gasteiger partial charge in [-0.15, -0.1) is 6.42 Å². The summed E-state index contributed by atoms with van der Waals surface area (Å²) in [7, 11) is 0. The van der Waals surface area contributed by atoms with E-state index in [2.05, 4.69) is 5.92 Å². The molecule has 0 aromatic heterocycles. The molecule has 0 fully saturated rings. The first-order chi connectivity index (χ1) is 7.22. The summed E-state index contributed by atoms with van der Waals surface area (Å²) < 4.78 is 10.5. The lowest BCUT2D eigenvalue weighted by Crippen LogP contribution is -1.92. The Hall–Kier alpha value is -1.88. The minimum atomic E-state index is 0.301. The summed E-state index contributed by atoms with van der Waals surface area (Å²) in [6.45, 7) is 4.24. The van der Waals surface area contributed by atoms with Crippen molar-refractivity contribution in [2.24, 2.45) is 0 Å². The molecule has 15 heavy (non-hydrogen) atoms. The van der Waals surface area contributed by atoms with Crippen LogP contribution < -0.4 is 9.47 Å². The van der Waals surface area contributed by atoms with Crippen LogP contribution >= 0.6 is 0 Å². The Kier molecular flexibility index (Phi) is 2.39. The highest BCUT2D eigenvalue weighted by Crippen LogP contribution is 2.34. The molecule has 0 unspecified atom stereocenters. The average molecular weight is 200 g/mol. The number of fused-ring (bicyclic) bond motifs is 1. The fraction of sp³-hybridized carbons (Fsp3) is 0.231. The first kappa shape index (κ1) is 9.67. The maximum Gasteiger partial charge on any atom is 0.231 e. The number of terminal acetylenes is 1. The Morgan fingerprint density at radius 3 is 2.73 bits per heavy atom. The van der Waals surface area contributed by atoms with Crippen molar-refractivity contribution >= 4 is 5.57 Å². The Morgan fingerprint density at radius 2 is 2.00 bits per heavy atom. The Labute approximate surface area is 89.5 Å². The van der Waals surface area contributed by atoms with Gasteiger partial charge in [-0.2, -0.15) is 0 Å². The van der Waals surface area contributed by atoms with E-state index in [9.17, 15) is 0 Å². The minimum absolute atomic E-state index is 0.301. The van der Waals surface area contributed by atoms with Crippen LogP contribution in [0.15, 0.2) is 23.8 Å². The molecule has 0 radical (unpaired) electrons. The van der Waals surface area contributed by atoms with E-state index in [4.69, 9.17) is 15.9 Å². The molecule has 0 N–H and O–H groups in total. The van der Waals surface area contributed by atoms with Gasteiger partial charge < -0.3 is 9.47 Å². The molecule has 1 aliphatic rings. The molecule has 0 amide bonds. The van der Waals surface area contributed by atoms with Gasteiger partial charge in [0.2, 0.25) is 6.79 Å². The largest absolute Gasteiger partial charge is 0.454 e.